The summed E-state index contributed by atoms with van der Waals surface area (Å²) in [4.78, 5) is 4.94. The van der Waals surface area contributed by atoms with Crippen molar-refractivity contribution in [2.24, 2.45) is 41.4 Å². The van der Waals surface area contributed by atoms with Crippen LogP contribution in [0.1, 0.15) is 393 Å². The van der Waals surface area contributed by atoms with E-state index < -0.39 is 5.60 Å². The van der Waals surface area contributed by atoms with Gasteiger partial charge in [-0.3, -0.25) is 0 Å². The molecule has 0 aromatic heterocycles. The standard InChI is InChI=1S/C18H24Cl2O.2C17H23Cl2N.2C17H22Cl2.2C16H20Cl2/c1-17(21)8-10-18(11-9-17,13-4-2-3-5-13)14-6-7-15(19)16(20)12-14;2*1-20-10-7-14(12-20)17(8-3-2-4-9-17)13-5-6-15(18)16(19)11-13;2*18-15-9-8-14(12-16(15)19)17(10-4-1-5-11-17)13-6-2-3-7-13;2*17-14-8-7-13(11-15(14)18)16(9-3-4-10-16)12-5-1-2-6-12/h6-7,12-13,21H,2-5,8-11H2,1H3;2*5-6,11,14H,2-4,7-10,12H2,1H3;2*8-9,12-13H,1-7,10-11H2;2*7-8,11-12H,1-6,9-10H2. The van der Waals surface area contributed by atoms with Crippen molar-refractivity contribution in [3.63, 3.8) is 0 Å². The first kappa shape index (κ1) is 108. The van der Waals surface area contributed by atoms with Crippen LogP contribution >= 0.6 is 162 Å². The largest absolute Gasteiger partial charge is 0.390 e. The van der Waals surface area contributed by atoms with Crippen LogP contribution in [-0.2, 0) is 37.9 Å². The van der Waals surface area contributed by atoms with Crippen LogP contribution in [0, 0.1) is 41.4 Å². The van der Waals surface area contributed by atoms with E-state index in [-0.39, 0.29) is 5.41 Å². The number of aliphatic hydroxyl groups is 1. The van der Waals surface area contributed by atoms with Crippen molar-refractivity contribution in [3.8, 4) is 0 Å². The minimum Gasteiger partial charge on any atom is -0.390 e. The Morgan fingerprint density at radius 1 is 0.193 bits per heavy atom. The van der Waals surface area contributed by atoms with Gasteiger partial charge in [0.05, 0.1) is 75.9 Å². The highest BCUT2D eigenvalue weighted by atomic mass is 35.5. The molecule has 0 bridgehead atoms. The number of nitrogens with zero attached hydrogens (tertiary/aromatic N) is 2. The zero-order chi connectivity index (χ0) is 95.2. The number of rotatable bonds is 14. The van der Waals surface area contributed by atoms with Gasteiger partial charge in [-0.2, -0.15) is 0 Å². The van der Waals surface area contributed by atoms with Gasteiger partial charge in [0.2, 0.25) is 0 Å². The van der Waals surface area contributed by atoms with Gasteiger partial charge in [-0.05, 0) is 417 Å². The van der Waals surface area contributed by atoms with E-state index in [1.807, 2.05) is 49.4 Å². The third kappa shape index (κ3) is 25.3. The number of likely N-dealkylation sites (tertiary alicyclic amines) is 2. The van der Waals surface area contributed by atoms with Gasteiger partial charge in [0.15, 0.2) is 0 Å². The molecule has 7 aromatic rings. The average Bonchev–Trinajstić information content (AvgIpc) is 1.76. The van der Waals surface area contributed by atoms with E-state index in [0.717, 1.165) is 87.2 Å². The molecule has 2 saturated heterocycles. The molecule has 135 heavy (non-hydrogen) atoms. The first-order chi connectivity index (χ1) is 65.0. The zero-order valence-electron chi connectivity index (χ0n) is 81.3. The summed E-state index contributed by atoms with van der Waals surface area (Å²) < 4.78 is 0. The fourth-order valence-electron chi connectivity index (χ4n) is 30.3. The van der Waals surface area contributed by atoms with E-state index in [2.05, 4.69) is 109 Å². The number of hydrogen-bond donors (Lipinski definition) is 1. The summed E-state index contributed by atoms with van der Waals surface area (Å²) in [5.41, 5.74) is 11.9. The van der Waals surface area contributed by atoms with Gasteiger partial charge in [-0.1, -0.05) is 372 Å². The van der Waals surface area contributed by atoms with Crippen molar-refractivity contribution in [2.75, 3.05) is 40.3 Å². The van der Waals surface area contributed by atoms with Crippen molar-refractivity contribution < 1.29 is 5.11 Å². The van der Waals surface area contributed by atoms with Crippen LogP contribution in [-0.4, -0.2) is 60.8 Å². The highest BCUT2D eigenvalue weighted by Gasteiger charge is 2.52. The van der Waals surface area contributed by atoms with Crippen LogP contribution in [0.25, 0.3) is 0 Å². The first-order valence-corrected chi connectivity index (χ1v) is 58.6. The van der Waals surface area contributed by atoms with Crippen LogP contribution in [0.3, 0.4) is 0 Å². The van der Waals surface area contributed by atoms with Gasteiger partial charge in [0.1, 0.15) is 0 Å². The highest BCUT2D eigenvalue weighted by Crippen LogP contribution is 2.60. The predicted molar refractivity (Wildman–Crippen MR) is 586 cm³/mol. The van der Waals surface area contributed by atoms with Crippen LogP contribution in [0.15, 0.2) is 127 Å². The summed E-state index contributed by atoms with van der Waals surface area (Å²) in [6.07, 6.45) is 72.2. The Morgan fingerprint density at radius 3 is 0.504 bits per heavy atom. The molecule has 1 N–H and O–H groups in total. The molecule has 14 fully saturated rings. The summed E-state index contributed by atoms with van der Waals surface area (Å²) >= 11 is 86.5. The molecule has 17 heteroatoms. The molecule has 2 heterocycles. The quantitative estimate of drug-likeness (QED) is 0.118. The van der Waals surface area contributed by atoms with E-state index in [1.165, 1.54) is 386 Å². The normalized spacial score (nSPS) is 26.3. The van der Waals surface area contributed by atoms with Crippen molar-refractivity contribution in [1.82, 2.24) is 9.80 Å². The molecule has 7 aromatic carbocycles. The minimum atomic E-state index is -0.502. The fourth-order valence-corrected chi connectivity index (χ4v) is 32.4. The third-order valence-corrected chi connectivity index (χ3v) is 42.9. The second-order valence-electron chi connectivity index (χ2n) is 45.1. The fraction of sp³-hybridized carbons (Fsp3) is 0.644. The van der Waals surface area contributed by atoms with E-state index >= 15 is 0 Å². The predicted octanol–water partition coefficient (Wildman–Crippen LogP) is 40.8. The molecule has 0 radical (unpaired) electrons. The Hall–Kier alpha value is -1.52. The molecule has 14 aliphatic rings. The lowest BCUT2D eigenvalue weighted by molar-refractivity contribution is -0.0118. The number of halogens is 14. The zero-order valence-corrected chi connectivity index (χ0v) is 91.9. The molecule has 2 unspecified atom stereocenters. The molecule has 3 nitrogen and oxygen atoms in total. The van der Waals surface area contributed by atoms with Gasteiger partial charge >= 0.3 is 0 Å². The molecule has 740 valence electrons. The lowest BCUT2D eigenvalue weighted by Gasteiger charge is -2.47. The summed E-state index contributed by atoms with van der Waals surface area (Å²) in [6, 6.07) is 44.2. The molecule has 0 amide bonds. The van der Waals surface area contributed by atoms with Crippen molar-refractivity contribution in [2.45, 2.75) is 397 Å². The maximum Gasteiger partial charge on any atom is 0.0620 e. The van der Waals surface area contributed by atoms with E-state index in [0.29, 0.717) is 82.7 Å². The monoisotopic (exact) mass is 2100 g/mol. The van der Waals surface area contributed by atoms with Crippen LogP contribution in [0.5, 0.6) is 0 Å². The van der Waals surface area contributed by atoms with Crippen LogP contribution < -0.4 is 0 Å². The Bertz CT molecular complexity index is 4670. The minimum absolute atomic E-state index is 0.187. The molecule has 2 atom stereocenters. The Kier molecular flexibility index (Phi) is 39.4. The Morgan fingerprint density at radius 2 is 0.348 bits per heavy atom. The van der Waals surface area contributed by atoms with Gasteiger partial charge in [-0.25, -0.2) is 0 Å². The van der Waals surface area contributed by atoms with Crippen LogP contribution in [0.2, 0.25) is 70.3 Å². The molecule has 12 aliphatic carbocycles. The lowest BCUT2D eigenvalue weighted by atomic mass is 9.59. The summed E-state index contributed by atoms with van der Waals surface area (Å²) in [5, 5.41) is 20.0. The highest BCUT2D eigenvalue weighted by molar-refractivity contribution is 6.45. The van der Waals surface area contributed by atoms with Gasteiger partial charge in [0.25, 0.3) is 0 Å². The van der Waals surface area contributed by atoms with Crippen molar-refractivity contribution in [1.29, 1.82) is 0 Å². The van der Waals surface area contributed by atoms with Crippen LogP contribution in [0.4, 0.5) is 0 Å². The van der Waals surface area contributed by atoms with E-state index in [1.54, 1.807) is 0 Å². The first-order valence-electron chi connectivity index (χ1n) is 53.3. The average molecular weight is 2110 g/mol. The molecule has 21 rings (SSSR count). The van der Waals surface area contributed by atoms with Crippen molar-refractivity contribution in [3.05, 3.63) is 237 Å². The van der Waals surface area contributed by atoms with Gasteiger partial charge in [-0.15, -0.1) is 0 Å². The second kappa shape index (κ2) is 49.3. The van der Waals surface area contributed by atoms with Crippen molar-refractivity contribution >= 4 is 162 Å². The summed E-state index contributed by atoms with van der Waals surface area (Å²) in [5.74, 6) is 5.74. The van der Waals surface area contributed by atoms with E-state index in [4.69, 9.17) is 162 Å². The maximum absolute atomic E-state index is 10.3. The third-order valence-electron chi connectivity index (χ3n) is 37.7. The molecular formula is C118H154Cl14N2O. The molecule has 0 spiro atoms. The topological polar surface area (TPSA) is 26.7 Å². The number of benzene rings is 7. The second-order valence-corrected chi connectivity index (χ2v) is 50.8. The lowest BCUT2D eigenvalue weighted by Crippen LogP contribution is -2.43. The Balaban J connectivity index is 0.000000120. The molecular weight excluding hydrogens is 1960 g/mol. The molecule has 12 saturated carbocycles. The van der Waals surface area contributed by atoms with E-state index in [9.17, 15) is 5.11 Å². The van der Waals surface area contributed by atoms with Gasteiger partial charge < -0.3 is 14.9 Å². The smallest absolute Gasteiger partial charge is 0.0620 e. The number of hydrogen-bond acceptors (Lipinski definition) is 3. The summed E-state index contributed by atoms with van der Waals surface area (Å²) in [6.45, 7) is 6.88. The SMILES string of the molecule is CC1(O)CCC(c2ccc(Cl)c(Cl)c2)(C2CCCC2)CC1.CN1CCC(C2(c3ccc(Cl)c(Cl)c3)CCCCC2)C1.CN1CCC(C2(c3ccc(Cl)c(Cl)c3)CCCCC2)C1.Clc1ccc(C2(C3CCCC3)CCCC2)cc1Cl.Clc1ccc(C2(C3CCCC3)CCCC2)cc1Cl.Clc1ccc(C2(C3CCCC3)CCCCC2)cc1Cl.Clc1ccc(C2(C3CCCC3)CCCCC2)cc1Cl. The summed E-state index contributed by atoms with van der Waals surface area (Å²) in [7, 11) is 4.48. The Labute approximate surface area is 884 Å². The maximum atomic E-state index is 10.3. The van der Waals surface area contributed by atoms with Gasteiger partial charge in [0, 0.05) is 13.1 Å². The molecule has 2 aliphatic heterocycles.